The third-order valence-corrected chi connectivity index (χ3v) is 6.11. The Kier molecular flexibility index (Phi) is 6.29. The second-order valence-electron chi connectivity index (χ2n) is 9.16. The Balaban J connectivity index is 1.88. The van der Waals surface area contributed by atoms with Gasteiger partial charge in [-0.1, -0.05) is 26.0 Å². The molecular formula is C23H36N2O2. The molecule has 1 saturated heterocycles. The number of nitrogens with zero attached hydrogens (tertiary/aromatic N) is 1. The Morgan fingerprint density at radius 2 is 1.89 bits per heavy atom. The molecule has 1 fully saturated rings. The van der Waals surface area contributed by atoms with Gasteiger partial charge in [-0.3, -0.25) is 0 Å². The number of ether oxygens (including phenoxy) is 2. The lowest BCUT2D eigenvalue weighted by atomic mass is 9.76. The Hall–Kier alpha value is -1.36. The van der Waals surface area contributed by atoms with Gasteiger partial charge in [-0.15, -0.1) is 0 Å². The quantitative estimate of drug-likeness (QED) is 0.750. The van der Waals surface area contributed by atoms with Crippen LogP contribution in [0.1, 0.15) is 57.1 Å². The summed E-state index contributed by atoms with van der Waals surface area (Å²) in [5.74, 6) is 0. The number of rotatable bonds is 6. The van der Waals surface area contributed by atoms with Crippen LogP contribution in [0.5, 0.6) is 0 Å². The number of benzene rings is 1. The largest absolute Gasteiger partial charge is 0.398 e. The third-order valence-electron chi connectivity index (χ3n) is 6.11. The van der Waals surface area contributed by atoms with E-state index in [9.17, 15) is 0 Å². The summed E-state index contributed by atoms with van der Waals surface area (Å²) in [7, 11) is 4.16. The highest BCUT2D eigenvalue weighted by Gasteiger charge is 2.36. The van der Waals surface area contributed by atoms with Crippen molar-refractivity contribution in [1.29, 1.82) is 0 Å². The fourth-order valence-electron chi connectivity index (χ4n) is 4.08. The van der Waals surface area contributed by atoms with Crippen molar-refractivity contribution in [2.24, 2.45) is 5.41 Å². The van der Waals surface area contributed by atoms with Gasteiger partial charge in [0.1, 0.15) is 0 Å². The van der Waals surface area contributed by atoms with E-state index in [-0.39, 0.29) is 5.60 Å². The molecule has 2 aliphatic rings. The maximum Gasteiger partial charge on any atom is 0.0976 e. The first-order valence-electron chi connectivity index (χ1n) is 10.3. The lowest BCUT2D eigenvalue weighted by molar-refractivity contribution is -0.118. The van der Waals surface area contributed by atoms with E-state index in [1.807, 2.05) is 0 Å². The molecule has 0 aromatic heterocycles. The first kappa shape index (κ1) is 20.4. The fraction of sp³-hybridized carbons (Fsp3) is 0.652. The Bertz CT molecular complexity index is 673. The molecule has 27 heavy (non-hydrogen) atoms. The summed E-state index contributed by atoms with van der Waals surface area (Å²) in [5.41, 5.74) is 11.2. The molecule has 0 radical (unpaired) electrons. The monoisotopic (exact) mass is 372 g/mol. The molecule has 1 aliphatic heterocycles. The highest BCUT2D eigenvalue weighted by molar-refractivity contribution is 5.76. The van der Waals surface area contributed by atoms with Crippen LogP contribution < -0.4 is 5.73 Å². The molecule has 1 aromatic rings. The molecule has 0 amide bonds. The molecule has 0 spiro atoms. The minimum atomic E-state index is -0.259. The van der Waals surface area contributed by atoms with Gasteiger partial charge in [0.05, 0.1) is 12.2 Å². The molecular weight excluding hydrogens is 336 g/mol. The number of hydrogen-bond donors (Lipinski definition) is 1. The Labute approximate surface area is 164 Å². The predicted octanol–water partition coefficient (Wildman–Crippen LogP) is 4.45. The van der Waals surface area contributed by atoms with Crippen LogP contribution in [0.25, 0.3) is 5.57 Å². The molecule has 4 heteroatoms. The molecule has 1 heterocycles. The maximum absolute atomic E-state index is 6.50. The molecule has 0 unspecified atom stereocenters. The summed E-state index contributed by atoms with van der Waals surface area (Å²) in [6.07, 6.45) is 7.61. The van der Waals surface area contributed by atoms with Crippen LogP contribution in [0.2, 0.25) is 0 Å². The highest BCUT2D eigenvalue weighted by atomic mass is 16.5. The first-order valence-corrected chi connectivity index (χ1v) is 10.3. The predicted molar refractivity (Wildman–Crippen MR) is 113 cm³/mol. The van der Waals surface area contributed by atoms with Gasteiger partial charge in [0.2, 0.25) is 0 Å². The van der Waals surface area contributed by atoms with Gasteiger partial charge >= 0.3 is 0 Å². The summed E-state index contributed by atoms with van der Waals surface area (Å²) in [4.78, 5) is 2.16. The Morgan fingerprint density at radius 1 is 1.15 bits per heavy atom. The average Bonchev–Trinajstić information content (AvgIpc) is 2.63. The van der Waals surface area contributed by atoms with E-state index in [1.54, 1.807) is 0 Å². The second-order valence-corrected chi connectivity index (χ2v) is 9.16. The van der Waals surface area contributed by atoms with Crippen molar-refractivity contribution in [2.75, 3.05) is 46.2 Å². The number of anilines is 1. The SMILES string of the molecule is CN(C)CCOC1(c2ccc(N)c(C3=CCC(C)(C)CC3)c2)CCOCC1. The topological polar surface area (TPSA) is 47.7 Å². The molecule has 0 atom stereocenters. The number of nitrogen functional groups attached to an aromatic ring is 1. The van der Waals surface area contributed by atoms with Crippen LogP contribution in [0.4, 0.5) is 5.69 Å². The van der Waals surface area contributed by atoms with Crippen molar-refractivity contribution in [3.8, 4) is 0 Å². The van der Waals surface area contributed by atoms with Crippen molar-refractivity contribution in [2.45, 2.75) is 51.6 Å². The van der Waals surface area contributed by atoms with Gasteiger partial charge in [0.25, 0.3) is 0 Å². The van der Waals surface area contributed by atoms with E-state index in [2.05, 4.69) is 57.1 Å². The standard InChI is InChI=1S/C23H36N2O2/c1-22(2)9-7-18(8-10-22)20-17-19(5-6-21(20)24)23(11-14-26-15-12-23)27-16-13-25(3)4/h5-7,17H,8-16,24H2,1-4H3. The molecule has 1 aromatic carbocycles. The minimum absolute atomic E-state index is 0.259. The van der Waals surface area contributed by atoms with Gasteiger partial charge in [0.15, 0.2) is 0 Å². The van der Waals surface area contributed by atoms with E-state index in [0.717, 1.165) is 57.7 Å². The molecule has 2 N–H and O–H groups in total. The summed E-state index contributed by atoms with van der Waals surface area (Å²) in [6.45, 7) is 7.83. The van der Waals surface area contributed by atoms with Crippen molar-refractivity contribution >= 4 is 11.3 Å². The van der Waals surface area contributed by atoms with Crippen LogP contribution in [0, 0.1) is 5.41 Å². The van der Waals surface area contributed by atoms with Crippen molar-refractivity contribution in [3.63, 3.8) is 0 Å². The van der Waals surface area contributed by atoms with Crippen molar-refractivity contribution in [1.82, 2.24) is 4.90 Å². The smallest absolute Gasteiger partial charge is 0.0976 e. The summed E-state index contributed by atoms with van der Waals surface area (Å²) in [5, 5.41) is 0. The van der Waals surface area contributed by atoms with E-state index < -0.39 is 0 Å². The second kappa shape index (κ2) is 8.34. The number of hydrogen-bond acceptors (Lipinski definition) is 4. The van der Waals surface area contributed by atoms with E-state index in [1.165, 1.54) is 23.1 Å². The zero-order valence-corrected chi connectivity index (χ0v) is 17.5. The zero-order valence-electron chi connectivity index (χ0n) is 17.5. The molecule has 3 rings (SSSR count). The van der Waals surface area contributed by atoms with Crippen LogP contribution in [-0.2, 0) is 15.1 Å². The molecule has 150 valence electrons. The first-order chi connectivity index (χ1) is 12.8. The van der Waals surface area contributed by atoms with Gasteiger partial charge in [-0.25, -0.2) is 0 Å². The van der Waals surface area contributed by atoms with Gasteiger partial charge in [-0.2, -0.15) is 0 Å². The van der Waals surface area contributed by atoms with E-state index in [0.29, 0.717) is 5.41 Å². The summed E-state index contributed by atoms with van der Waals surface area (Å²) >= 11 is 0. The fourth-order valence-corrected chi connectivity index (χ4v) is 4.08. The van der Waals surface area contributed by atoms with Crippen LogP contribution in [-0.4, -0.2) is 45.4 Å². The number of nitrogens with two attached hydrogens (primary N) is 1. The van der Waals surface area contributed by atoms with E-state index in [4.69, 9.17) is 15.2 Å². The summed E-state index contributed by atoms with van der Waals surface area (Å²) in [6, 6.07) is 6.52. The van der Waals surface area contributed by atoms with Gasteiger partial charge < -0.3 is 20.1 Å². The van der Waals surface area contributed by atoms with Crippen molar-refractivity contribution < 1.29 is 9.47 Å². The average molecular weight is 373 g/mol. The lowest BCUT2D eigenvalue weighted by Gasteiger charge is -2.38. The van der Waals surface area contributed by atoms with E-state index >= 15 is 0 Å². The minimum Gasteiger partial charge on any atom is -0.398 e. The number of allylic oxidation sites excluding steroid dienone is 2. The third kappa shape index (κ3) is 4.92. The van der Waals surface area contributed by atoms with Gasteiger partial charge in [0, 0.05) is 43.9 Å². The normalized spacial score (nSPS) is 21.9. The summed E-state index contributed by atoms with van der Waals surface area (Å²) < 4.78 is 12.1. The lowest BCUT2D eigenvalue weighted by Crippen LogP contribution is -2.38. The van der Waals surface area contributed by atoms with Crippen LogP contribution in [0.15, 0.2) is 24.3 Å². The maximum atomic E-state index is 6.50. The molecule has 4 nitrogen and oxygen atoms in total. The number of likely N-dealkylation sites (N-methyl/N-ethyl adjacent to an activating group) is 1. The van der Waals surface area contributed by atoms with Crippen LogP contribution >= 0.6 is 0 Å². The van der Waals surface area contributed by atoms with Crippen molar-refractivity contribution in [3.05, 3.63) is 35.4 Å². The Morgan fingerprint density at radius 3 is 2.52 bits per heavy atom. The van der Waals surface area contributed by atoms with Gasteiger partial charge in [-0.05, 0) is 62.0 Å². The molecule has 1 aliphatic carbocycles. The van der Waals surface area contributed by atoms with Crippen LogP contribution in [0.3, 0.4) is 0 Å². The molecule has 0 saturated carbocycles. The highest BCUT2D eigenvalue weighted by Crippen LogP contribution is 2.42. The molecule has 0 bridgehead atoms. The zero-order chi connectivity index (χ0) is 19.5.